The van der Waals surface area contributed by atoms with Crippen LogP contribution >= 0.6 is 0 Å². The number of ether oxygens (including phenoxy) is 1. The molecule has 0 radical (unpaired) electrons. The van der Waals surface area contributed by atoms with Gasteiger partial charge in [0.05, 0.1) is 36.8 Å². The zero-order valence-electron chi connectivity index (χ0n) is 14.1. The number of ketones is 1. The lowest BCUT2D eigenvalue weighted by atomic mass is 10.0. The molecule has 3 heterocycles. The molecule has 1 atom stereocenters. The smallest absolute Gasteiger partial charge is 0.258 e. The number of hydrogen-bond donors (Lipinski definition) is 0. The summed E-state index contributed by atoms with van der Waals surface area (Å²) in [4.78, 5) is 27.1. The minimum absolute atomic E-state index is 0.0985. The fraction of sp³-hybridized carbons (Fsp3) is 0.471. The van der Waals surface area contributed by atoms with Crippen molar-refractivity contribution in [2.45, 2.75) is 26.3 Å². The predicted molar refractivity (Wildman–Crippen MR) is 86.0 cm³/mol. The van der Waals surface area contributed by atoms with Gasteiger partial charge in [-0.1, -0.05) is 0 Å². The van der Waals surface area contributed by atoms with E-state index < -0.39 is 0 Å². The van der Waals surface area contributed by atoms with Crippen molar-refractivity contribution < 1.29 is 18.7 Å². The van der Waals surface area contributed by atoms with E-state index in [0.717, 1.165) is 5.69 Å². The maximum Gasteiger partial charge on any atom is 0.258 e. The van der Waals surface area contributed by atoms with Crippen molar-refractivity contribution in [3.8, 4) is 0 Å². The van der Waals surface area contributed by atoms with Crippen LogP contribution in [-0.4, -0.2) is 52.2 Å². The van der Waals surface area contributed by atoms with Gasteiger partial charge in [-0.15, -0.1) is 0 Å². The Kier molecular flexibility index (Phi) is 4.53. The number of nitrogens with zero attached hydrogens (tertiary/aromatic N) is 3. The number of morpholine rings is 1. The molecular formula is C17H21N3O4. The maximum atomic E-state index is 13.0. The van der Waals surface area contributed by atoms with Gasteiger partial charge in [-0.3, -0.25) is 14.3 Å². The molecule has 1 amide bonds. The second-order valence-electron chi connectivity index (χ2n) is 6.00. The van der Waals surface area contributed by atoms with Gasteiger partial charge in [-0.25, -0.2) is 0 Å². The standard InChI is InChI=1S/C17H21N3O4/c1-11-16(12(2)19(3)18-11)17(22)20-6-8-23-10-13(20)9-14(21)15-5-4-7-24-15/h4-5,7,13H,6,8-10H2,1-3H3/t13-/m0/s1. The Balaban J connectivity index is 1.81. The van der Waals surface area contributed by atoms with Crippen LogP contribution in [0.2, 0.25) is 0 Å². The van der Waals surface area contributed by atoms with E-state index in [1.807, 2.05) is 20.9 Å². The molecule has 0 spiro atoms. The first-order valence-corrected chi connectivity index (χ1v) is 7.94. The van der Waals surface area contributed by atoms with Crippen molar-refractivity contribution >= 4 is 11.7 Å². The lowest BCUT2D eigenvalue weighted by Gasteiger charge is -2.35. The van der Waals surface area contributed by atoms with Crippen LogP contribution in [0.25, 0.3) is 0 Å². The van der Waals surface area contributed by atoms with Gasteiger partial charge in [0.1, 0.15) is 0 Å². The molecule has 3 rings (SSSR count). The fourth-order valence-electron chi connectivity index (χ4n) is 3.07. The first kappa shape index (κ1) is 16.4. The summed E-state index contributed by atoms with van der Waals surface area (Å²) in [5, 5.41) is 4.31. The number of hydrogen-bond acceptors (Lipinski definition) is 5. The summed E-state index contributed by atoms with van der Waals surface area (Å²) in [6.45, 7) is 4.97. The summed E-state index contributed by atoms with van der Waals surface area (Å²) < 4.78 is 12.3. The molecule has 2 aromatic rings. The number of Topliss-reactive ketones (excluding diaryl/α,β-unsaturated/α-hetero) is 1. The molecule has 0 aliphatic carbocycles. The molecule has 1 saturated heterocycles. The maximum absolute atomic E-state index is 13.0. The van der Waals surface area contributed by atoms with Gasteiger partial charge < -0.3 is 14.1 Å². The van der Waals surface area contributed by atoms with E-state index in [1.165, 1.54) is 6.26 Å². The summed E-state index contributed by atoms with van der Waals surface area (Å²) in [6.07, 6.45) is 1.65. The number of aromatic nitrogens is 2. The monoisotopic (exact) mass is 331 g/mol. The zero-order chi connectivity index (χ0) is 17.3. The van der Waals surface area contributed by atoms with Gasteiger partial charge in [0.2, 0.25) is 0 Å². The average molecular weight is 331 g/mol. The third-order valence-corrected chi connectivity index (χ3v) is 4.43. The van der Waals surface area contributed by atoms with Crippen LogP contribution in [0.3, 0.4) is 0 Å². The summed E-state index contributed by atoms with van der Waals surface area (Å²) in [7, 11) is 1.82. The van der Waals surface area contributed by atoms with Crippen LogP contribution in [0.4, 0.5) is 0 Å². The SMILES string of the molecule is Cc1nn(C)c(C)c1C(=O)N1CCOC[C@@H]1CC(=O)c1ccco1. The van der Waals surface area contributed by atoms with Gasteiger partial charge in [0, 0.05) is 25.7 Å². The van der Waals surface area contributed by atoms with E-state index >= 15 is 0 Å². The number of carbonyl (C=O) groups is 2. The third kappa shape index (κ3) is 2.99. The summed E-state index contributed by atoms with van der Waals surface area (Å²) in [5.41, 5.74) is 2.12. The second kappa shape index (κ2) is 6.60. The van der Waals surface area contributed by atoms with Gasteiger partial charge in [-0.05, 0) is 26.0 Å². The highest BCUT2D eigenvalue weighted by Crippen LogP contribution is 2.21. The first-order chi connectivity index (χ1) is 11.5. The molecule has 7 nitrogen and oxygen atoms in total. The highest BCUT2D eigenvalue weighted by atomic mass is 16.5. The molecule has 1 aliphatic rings. The highest BCUT2D eigenvalue weighted by Gasteiger charge is 2.33. The largest absolute Gasteiger partial charge is 0.461 e. The number of rotatable bonds is 4. The Morgan fingerprint density at radius 3 is 2.79 bits per heavy atom. The fourth-order valence-corrected chi connectivity index (χ4v) is 3.07. The van der Waals surface area contributed by atoms with Crippen molar-refractivity contribution in [3.63, 3.8) is 0 Å². The molecule has 2 aromatic heterocycles. The molecule has 0 bridgehead atoms. The molecule has 0 saturated carbocycles. The normalized spacial score (nSPS) is 18.0. The number of furan rings is 1. The molecule has 1 aliphatic heterocycles. The van der Waals surface area contributed by atoms with Gasteiger partial charge >= 0.3 is 0 Å². The third-order valence-electron chi connectivity index (χ3n) is 4.43. The Labute approximate surface area is 140 Å². The second-order valence-corrected chi connectivity index (χ2v) is 6.00. The number of aryl methyl sites for hydroxylation is 2. The average Bonchev–Trinajstić information content (AvgIpc) is 3.17. The van der Waals surface area contributed by atoms with Crippen molar-refractivity contribution in [3.05, 3.63) is 41.1 Å². The lowest BCUT2D eigenvalue weighted by Crippen LogP contribution is -2.49. The van der Waals surface area contributed by atoms with E-state index in [4.69, 9.17) is 9.15 Å². The minimum Gasteiger partial charge on any atom is -0.461 e. The molecule has 128 valence electrons. The predicted octanol–water partition coefficient (Wildman–Crippen LogP) is 1.74. The molecular weight excluding hydrogens is 310 g/mol. The molecule has 0 N–H and O–H groups in total. The molecule has 7 heteroatoms. The van der Waals surface area contributed by atoms with Crippen molar-refractivity contribution in [1.29, 1.82) is 0 Å². The van der Waals surface area contributed by atoms with Crippen LogP contribution in [0.15, 0.2) is 22.8 Å². The minimum atomic E-state index is -0.303. The van der Waals surface area contributed by atoms with Crippen molar-refractivity contribution in [2.24, 2.45) is 7.05 Å². The molecule has 24 heavy (non-hydrogen) atoms. The molecule has 0 aromatic carbocycles. The zero-order valence-corrected chi connectivity index (χ0v) is 14.1. The lowest BCUT2D eigenvalue weighted by molar-refractivity contribution is -0.00311. The van der Waals surface area contributed by atoms with E-state index in [2.05, 4.69) is 5.10 Å². The van der Waals surface area contributed by atoms with Crippen LogP contribution in [0, 0.1) is 13.8 Å². The van der Waals surface area contributed by atoms with E-state index in [-0.39, 0.29) is 24.2 Å². The Hall–Kier alpha value is -2.41. The van der Waals surface area contributed by atoms with Gasteiger partial charge in [0.25, 0.3) is 5.91 Å². The Morgan fingerprint density at radius 2 is 2.17 bits per heavy atom. The van der Waals surface area contributed by atoms with Crippen LogP contribution in [-0.2, 0) is 11.8 Å². The van der Waals surface area contributed by atoms with Crippen LogP contribution in [0.5, 0.6) is 0 Å². The number of amides is 1. The topological polar surface area (TPSA) is 77.6 Å². The van der Waals surface area contributed by atoms with Crippen molar-refractivity contribution in [1.82, 2.24) is 14.7 Å². The first-order valence-electron chi connectivity index (χ1n) is 7.94. The number of carbonyl (C=O) groups excluding carboxylic acids is 2. The quantitative estimate of drug-likeness (QED) is 0.798. The Bertz CT molecular complexity index is 748. The van der Waals surface area contributed by atoms with E-state index in [0.29, 0.717) is 36.8 Å². The molecule has 0 unspecified atom stereocenters. The molecule has 1 fully saturated rings. The van der Waals surface area contributed by atoms with E-state index in [9.17, 15) is 9.59 Å². The summed E-state index contributed by atoms with van der Waals surface area (Å²) in [5.74, 6) is 0.0771. The van der Waals surface area contributed by atoms with Gasteiger partial charge in [0.15, 0.2) is 11.5 Å². The highest BCUT2D eigenvalue weighted by molar-refractivity contribution is 5.98. The summed E-state index contributed by atoms with van der Waals surface area (Å²) in [6, 6.07) is 3.01. The van der Waals surface area contributed by atoms with Crippen molar-refractivity contribution in [2.75, 3.05) is 19.8 Å². The van der Waals surface area contributed by atoms with Crippen LogP contribution < -0.4 is 0 Å². The van der Waals surface area contributed by atoms with E-state index in [1.54, 1.807) is 21.7 Å². The summed E-state index contributed by atoms with van der Waals surface area (Å²) >= 11 is 0. The van der Waals surface area contributed by atoms with Gasteiger partial charge in [-0.2, -0.15) is 5.10 Å². The van der Waals surface area contributed by atoms with Crippen LogP contribution in [0.1, 0.15) is 38.7 Å². The Morgan fingerprint density at radius 1 is 1.38 bits per heavy atom.